The second-order valence-electron chi connectivity index (χ2n) is 7.92. The standard InChI is InChI=1S/C27H24N4O4/c1-17-11-12-20(30-13-7-8-14-30)21(15-17)31-24(27(33)35-3)23(26(32)34-2)22(19(16-28)25(31)29)18-9-5-4-6-10-18/h4-15,22H,29H2,1-3H3. The minimum atomic E-state index is -0.918. The van der Waals surface area contributed by atoms with Crippen molar-refractivity contribution in [2.75, 3.05) is 19.1 Å². The van der Waals surface area contributed by atoms with Crippen LogP contribution in [0.1, 0.15) is 17.0 Å². The van der Waals surface area contributed by atoms with E-state index in [2.05, 4.69) is 6.07 Å². The molecule has 176 valence electrons. The van der Waals surface area contributed by atoms with Gasteiger partial charge in [0.25, 0.3) is 0 Å². The van der Waals surface area contributed by atoms with E-state index in [1.807, 2.05) is 60.3 Å². The van der Waals surface area contributed by atoms with Gasteiger partial charge in [-0.25, -0.2) is 9.59 Å². The zero-order valence-electron chi connectivity index (χ0n) is 19.6. The van der Waals surface area contributed by atoms with Crippen LogP contribution in [0.3, 0.4) is 0 Å². The number of rotatable bonds is 5. The summed E-state index contributed by atoms with van der Waals surface area (Å²) in [5.41, 5.74) is 9.29. The monoisotopic (exact) mass is 468 g/mol. The summed E-state index contributed by atoms with van der Waals surface area (Å²) < 4.78 is 12.1. The van der Waals surface area contributed by atoms with Crippen LogP contribution in [0, 0.1) is 18.3 Å². The first-order chi connectivity index (χ1) is 16.9. The smallest absolute Gasteiger partial charge is 0.355 e. The van der Waals surface area contributed by atoms with Gasteiger partial charge in [-0.1, -0.05) is 36.4 Å². The third kappa shape index (κ3) is 4.04. The number of nitrogens with two attached hydrogens (primary N) is 1. The molecule has 35 heavy (non-hydrogen) atoms. The molecule has 1 atom stereocenters. The molecule has 2 heterocycles. The Morgan fingerprint density at radius 2 is 1.60 bits per heavy atom. The number of methoxy groups -OCH3 is 2. The molecule has 1 aliphatic heterocycles. The molecule has 8 heteroatoms. The van der Waals surface area contributed by atoms with E-state index in [1.165, 1.54) is 19.1 Å². The number of hydrogen-bond donors (Lipinski definition) is 1. The van der Waals surface area contributed by atoms with Crippen molar-refractivity contribution >= 4 is 17.6 Å². The van der Waals surface area contributed by atoms with Crippen LogP contribution in [0.5, 0.6) is 0 Å². The molecule has 2 N–H and O–H groups in total. The molecule has 0 bridgehead atoms. The highest BCUT2D eigenvalue weighted by Crippen LogP contribution is 2.44. The fourth-order valence-electron chi connectivity index (χ4n) is 4.29. The number of nitriles is 1. The number of anilines is 1. The predicted octanol–water partition coefficient (Wildman–Crippen LogP) is 3.68. The van der Waals surface area contributed by atoms with Gasteiger partial charge in [0.1, 0.15) is 11.5 Å². The Hall–Kier alpha value is -4.77. The molecule has 4 rings (SSSR count). The Kier molecular flexibility index (Phi) is 6.42. The first kappa shape index (κ1) is 23.4. The maximum Gasteiger partial charge on any atom is 0.355 e. The summed E-state index contributed by atoms with van der Waals surface area (Å²) in [5.74, 6) is -2.45. The lowest BCUT2D eigenvalue weighted by Gasteiger charge is -2.36. The van der Waals surface area contributed by atoms with Crippen molar-refractivity contribution in [1.82, 2.24) is 4.57 Å². The van der Waals surface area contributed by atoms with E-state index in [9.17, 15) is 14.9 Å². The Morgan fingerprint density at radius 1 is 0.943 bits per heavy atom. The maximum absolute atomic E-state index is 13.3. The summed E-state index contributed by atoms with van der Waals surface area (Å²) >= 11 is 0. The summed E-state index contributed by atoms with van der Waals surface area (Å²) in [6.07, 6.45) is 3.69. The number of ether oxygens (including phenoxy) is 2. The van der Waals surface area contributed by atoms with Gasteiger partial charge in [0.05, 0.1) is 48.7 Å². The SMILES string of the molecule is COC(=O)C1=C(C(=O)OC)N(c2cc(C)ccc2-n2cccc2)C(N)=C(C#N)C1c1ccccc1. The number of carbonyl (C=O) groups is 2. The molecule has 1 aromatic heterocycles. The van der Waals surface area contributed by atoms with E-state index in [0.29, 0.717) is 16.9 Å². The van der Waals surface area contributed by atoms with Crippen molar-refractivity contribution in [3.8, 4) is 11.8 Å². The molecule has 0 radical (unpaired) electrons. The Balaban J connectivity index is 2.11. The van der Waals surface area contributed by atoms with Crippen LogP contribution in [0.2, 0.25) is 0 Å². The first-order valence-electron chi connectivity index (χ1n) is 10.8. The second-order valence-corrected chi connectivity index (χ2v) is 7.92. The average molecular weight is 469 g/mol. The van der Waals surface area contributed by atoms with E-state index in [0.717, 1.165) is 5.56 Å². The van der Waals surface area contributed by atoms with Crippen LogP contribution in [0.4, 0.5) is 5.69 Å². The van der Waals surface area contributed by atoms with Crippen LogP contribution in [-0.2, 0) is 19.1 Å². The summed E-state index contributed by atoms with van der Waals surface area (Å²) in [6.45, 7) is 1.90. The molecule has 0 saturated heterocycles. The number of aromatic nitrogens is 1. The summed E-state index contributed by atoms with van der Waals surface area (Å²) in [5, 5.41) is 10.2. The third-order valence-electron chi connectivity index (χ3n) is 5.86. The normalized spacial score (nSPS) is 15.6. The van der Waals surface area contributed by atoms with Gasteiger partial charge in [-0.05, 0) is 42.3 Å². The van der Waals surface area contributed by atoms with Gasteiger partial charge in [0.15, 0.2) is 0 Å². The lowest BCUT2D eigenvalue weighted by atomic mass is 9.81. The fourth-order valence-corrected chi connectivity index (χ4v) is 4.29. The quantitative estimate of drug-likeness (QED) is 0.569. The molecule has 1 unspecified atom stereocenters. The van der Waals surface area contributed by atoms with Crippen molar-refractivity contribution in [3.05, 3.63) is 107 Å². The van der Waals surface area contributed by atoms with Crippen LogP contribution in [-0.4, -0.2) is 30.7 Å². The first-order valence-corrected chi connectivity index (χ1v) is 10.8. The molecule has 0 spiro atoms. The molecule has 0 saturated carbocycles. The van der Waals surface area contributed by atoms with Gasteiger partial charge in [0.2, 0.25) is 0 Å². The van der Waals surface area contributed by atoms with E-state index in [1.54, 1.807) is 24.3 Å². The minimum Gasteiger partial charge on any atom is -0.466 e. The molecule has 0 fully saturated rings. The summed E-state index contributed by atoms with van der Waals surface area (Å²) in [6, 6.07) is 20.4. The molecule has 3 aromatic rings. The molecule has 0 aliphatic carbocycles. The second kappa shape index (κ2) is 9.61. The maximum atomic E-state index is 13.3. The lowest BCUT2D eigenvalue weighted by molar-refractivity contribution is -0.139. The van der Waals surface area contributed by atoms with Crippen molar-refractivity contribution in [3.63, 3.8) is 0 Å². The zero-order chi connectivity index (χ0) is 25.1. The van der Waals surface area contributed by atoms with Gasteiger partial charge in [0, 0.05) is 12.4 Å². The highest BCUT2D eigenvalue weighted by Gasteiger charge is 2.43. The zero-order valence-corrected chi connectivity index (χ0v) is 19.6. The van der Waals surface area contributed by atoms with Crippen LogP contribution >= 0.6 is 0 Å². The van der Waals surface area contributed by atoms with Crippen molar-refractivity contribution in [2.45, 2.75) is 12.8 Å². The lowest BCUT2D eigenvalue weighted by Crippen LogP contribution is -2.41. The molecule has 1 aliphatic rings. The Labute approximate surface area is 203 Å². The topological polar surface area (TPSA) is 111 Å². The number of aryl methyl sites for hydroxylation is 1. The largest absolute Gasteiger partial charge is 0.466 e. The highest BCUT2D eigenvalue weighted by atomic mass is 16.5. The number of allylic oxidation sites excluding steroid dienone is 1. The molecular weight excluding hydrogens is 444 g/mol. The fraction of sp³-hybridized carbons (Fsp3) is 0.148. The predicted molar refractivity (Wildman–Crippen MR) is 130 cm³/mol. The summed E-state index contributed by atoms with van der Waals surface area (Å²) in [4.78, 5) is 27.9. The Bertz CT molecular complexity index is 1380. The van der Waals surface area contributed by atoms with Gasteiger partial charge in [-0.2, -0.15) is 5.26 Å². The molecule has 2 aromatic carbocycles. The third-order valence-corrected chi connectivity index (χ3v) is 5.86. The molecular formula is C27H24N4O4. The molecule has 8 nitrogen and oxygen atoms in total. The van der Waals surface area contributed by atoms with E-state index >= 15 is 0 Å². The van der Waals surface area contributed by atoms with Crippen molar-refractivity contribution in [2.24, 2.45) is 5.73 Å². The number of hydrogen-bond acceptors (Lipinski definition) is 7. The average Bonchev–Trinajstić information content (AvgIpc) is 3.42. The summed E-state index contributed by atoms with van der Waals surface area (Å²) in [7, 11) is 2.45. The highest BCUT2D eigenvalue weighted by molar-refractivity contribution is 6.06. The van der Waals surface area contributed by atoms with E-state index < -0.39 is 17.9 Å². The van der Waals surface area contributed by atoms with Gasteiger partial charge >= 0.3 is 11.9 Å². The van der Waals surface area contributed by atoms with E-state index in [-0.39, 0.29) is 22.7 Å². The number of carbonyl (C=O) groups excluding carboxylic acids is 2. The van der Waals surface area contributed by atoms with E-state index in [4.69, 9.17) is 15.2 Å². The number of esters is 2. The van der Waals surface area contributed by atoms with Crippen molar-refractivity contribution < 1.29 is 19.1 Å². The number of nitrogens with zero attached hydrogens (tertiary/aromatic N) is 3. The van der Waals surface area contributed by atoms with Crippen LogP contribution < -0.4 is 10.6 Å². The van der Waals surface area contributed by atoms with Crippen LogP contribution in [0.15, 0.2) is 95.7 Å². The minimum absolute atomic E-state index is 0.0217. The Morgan fingerprint density at radius 3 is 2.20 bits per heavy atom. The molecule has 0 amide bonds. The van der Waals surface area contributed by atoms with Gasteiger partial charge in [-0.15, -0.1) is 0 Å². The van der Waals surface area contributed by atoms with Gasteiger partial charge < -0.3 is 19.8 Å². The van der Waals surface area contributed by atoms with Crippen LogP contribution in [0.25, 0.3) is 5.69 Å². The van der Waals surface area contributed by atoms with Gasteiger partial charge in [-0.3, -0.25) is 4.90 Å². The van der Waals surface area contributed by atoms with Crippen molar-refractivity contribution in [1.29, 1.82) is 5.26 Å². The number of benzene rings is 2.